The van der Waals surface area contributed by atoms with Crippen molar-refractivity contribution in [2.24, 2.45) is 0 Å². The third kappa shape index (κ3) is 6.58. The monoisotopic (exact) mass is 452 g/mol. The molecule has 2 aromatic carbocycles. The molecule has 1 aliphatic rings. The van der Waals surface area contributed by atoms with Gasteiger partial charge in [0.1, 0.15) is 19.3 Å². The van der Waals surface area contributed by atoms with Crippen LogP contribution in [0.2, 0.25) is 0 Å². The van der Waals surface area contributed by atoms with Crippen molar-refractivity contribution >= 4 is 18.2 Å². The van der Waals surface area contributed by atoms with Gasteiger partial charge in [-0.15, -0.1) is 0 Å². The van der Waals surface area contributed by atoms with E-state index in [9.17, 15) is 19.5 Å². The number of nitrogens with one attached hydrogen (secondary N) is 2. The number of aliphatic carboxylic acids is 1. The molecule has 0 aliphatic heterocycles. The van der Waals surface area contributed by atoms with Gasteiger partial charge in [-0.2, -0.15) is 0 Å². The number of rotatable bonds is 11. The summed E-state index contributed by atoms with van der Waals surface area (Å²) in [6.45, 7) is 3.98. The molecule has 174 valence electrons. The van der Waals surface area contributed by atoms with E-state index in [-0.39, 0.29) is 19.6 Å². The summed E-state index contributed by atoms with van der Waals surface area (Å²) in [5, 5.41) is 14.4. The first-order chi connectivity index (χ1) is 16.0. The number of unbranched alkanes of at least 4 members (excludes halogenated alkanes) is 1. The second-order valence-electron chi connectivity index (χ2n) is 7.70. The average molecular weight is 453 g/mol. The SMILES string of the molecule is C=CCOC(=O)NCCCC[C@H](NC(=O)OCc1cccc2c1Cc1ccccc1-2)C(=O)O. The first-order valence-corrected chi connectivity index (χ1v) is 10.9. The first kappa shape index (κ1) is 23.8. The lowest BCUT2D eigenvalue weighted by atomic mass is 10.0. The van der Waals surface area contributed by atoms with E-state index in [0.717, 1.165) is 23.1 Å². The third-order valence-corrected chi connectivity index (χ3v) is 5.42. The summed E-state index contributed by atoms with van der Waals surface area (Å²) in [5.74, 6) is -1.14. The van der Waals surface area contributed by atoms with Crippen molar-refractivity contribution in [3.63, 3.8) is 0 Å². The van der Waals surface area contributed by atoms with Crippen LogP contribution < -0.4 is 10.6 Å². The number of carbonyl (C=O) groups is 3. The molecule has 33 heavy (non-hydrogen) atoms. The van der Waals surface area contributed by atoms with Crippen LogP contribution in [-0.4, -0.2) is 42.5 Å². The lowest BCUT2D eigenvalue weighted by molar-refractivity contribution is -0.139. The summed E-state index contributed by atoms with van der Waals surface area (Å²) in [7, 11) is 0. The molecular weight excluding hydrogens is 424 g/mol. The van der Waals surface area contributed by atoms with Gasteiger partial charge in [-0.25, -0.2) is 14.4 Å². The normalized spacial score (nSPS) is 12.1. The summed E-state index contributed by atoms with van der Waals surface area (Å²) in [4.78, 5) is 35.1. The number of hydrogen-bond acceptors (Lipinski definition) is 5. The Kier molecular flexibility index (Phi) is 8.46. The van der Waals surface area contributed by atoms with Crippen LogP contribution in [0, 0.1) is 0 Å². The van der Waals surface area contributed by atoms with Crippen LogP contribution in [0.4, 0.5) is 9.59 Å². The Balaban J connectivity index is 1.44. The second-order valence-corrected chi connectivity index (χ2v) is 7.70. The van der Waals surface area contributed by atoms with Crippen molar-refractivity contribution in [1.82, 2.24) is 10.6 Å². The van der Waals surface area contributed by atoms with Crippen LogP contribution >= 0.6 is 0 Å². The van der Waals surface area contributed by atoms with Gasteiger partial charge in [0.2, 0.25) is 0 Å². The minimum atomic E-state index is -1.14. The zero-order chi connectivity index (χ0) is 23.6. The van der Waals surface area contributed by atoms with Gasteiger partial charge in [0.25, 0.3) is 0 Å². The van der Waals surface area contributed by atoms with Crippen LogP contribution in [-0.2, 0) is 27.3 Å². The lowest BCUT2D eigenvalue weighted by Crippen LogP contribution is -2.41. The Bertz CT molecular complexity index is 1020. The molecule has 0 radical (unpaired) electrons. The predicted molar refractivity (Wildman–Crippen MR) is 123 cm³/mol. The van der Waals surface area contributed by atoms with Crippen molar-refractivity contribution in [3.8, 4) is 11.1 Å². The Hall–Kier alpha value is -3.81. The van der Waals surface area contributed by atoms with Gasteiger partial charge >= 0.3 is 18.2 Å². The van der Waals surface area contributed by atoms with Gasteiger partial charge in [0.05, 0.1) is 0 Å². The zero-order valence-corrected chi connectivity index (χ0v) is 18.3. The highest BCUT2D eigenvalue weighted by Crippen LogP contribution is 2.38. The van der Waals surface area contributed by atoms with E-state index in [4.69, 9.17) is 9.47 Å². The van der Waals surface area contributed by atoms with Crippen LogP contribution in [0.5, 0.6) is 0 Å². The smallest absolute Gasteiger partial charge is 0.408 e. The quantitative estimate of drug-likeness (QED) is 0.299. The number of fused-ring (bicyclic) bond motifs is 3. The highest BCUT2D eigenvalue weighted by atomic mass is 16.6. The molecule has 3 rings (SSSR count). The molecule has 0 heterocycles. The maximum atomic E-state index is 12.2. The second kappa shape index (κ2) is 11.7. The molecule has 0 unspecified atom stereocenters. The maximum absolute atomic E-state index is 12.2. The summed E-state index contributed by atoms with van der Waals surface area (Å²) >= 11 is 0. The molecule has 8 heteroatoms. The van der Waals surface area contributed by atoms with Crippen LogP contribution in [0.15, 0.2) is 55.1 Å². The summed E-state index contributed by atoms with van der Waals surface area (Å²) in [6, 6.07) is 13.0. The van der Waals surface area contributed by atoms with Crippen molar-refractivity contribution in [2.45, 2.75) is 38.3 Å². The van der Waals surface area contributed by atoms with E-state index in [0.29, 0.717) is 19.4 Å². The van der Waals surface area contributed by atoms with E-state index in [2.05, 4.69) is 35.4 Å². The summed E-state index contributed by atoms with van der Waals surface area (Å²) in [6.07, 6.45) is 2.16. The molecule has 0 saturated carbocycles. The minimum Gasteiger partial charge on any atom is -0.480 e. The molecule has 1 aliphatic carbocycles. The number of carbonyl (C=O) groups excluding carboxylic acids is 2. The fourth-order valence-electron chi connectivity index (χ4n) is 3.79. The molecule has 0 fully saturated rings. The van der Waals surface area contributed by atoms with E-state index in [1.807, 2.05) is 24.3 Å². The molecule has 8 nitrogen and oxygen atoms in total. The number of ether oxygens (including phenoxy) is 2. The van der Waals surface area contributed by atoms with Crippen LogP contribution in [0.25, 0.3) is 11.1 Å². The van der Waals surface area contributed by atoms with E-state index in [1.165, 1.54) is 17.2 Å². The third-order valence-electron chi connectivity index (χ3n) is 5.42. The Morgan fingerprint density at radius 1 is 1.03 bits per heavy atom. The molecule has 3 N–H and O–H groups in total. The van der Waals surface area contributed by atoms with Crippen molar-refractivity contribution in [3.05, 3.63) is 71.8 Å². The van der Waals surface area contributed by atoms with Gasteiger partial charge in [-0.05, 0) is 53.5 Å². The highest BCUT2D eigenvalue weighted by molar-refractivity contribution is 5.80. The number of carboxylic acids is 1. The maximum Gasteiger partial charge on any atom is 0.408 e. The van der Waals surface area contributed by atoms with Crippen LogP contribution in [0.1, 0.15) is 36.0 Å². The van der Waals surface area contributed by atoms with Crippen LogP contribution in [0.3, 0.4) is 0 Å². The van der Waals surface area contributed by atoms with Gasteiger partial charge in [-0.3, -0.25) is 0 Å². The zero-order valence-electron chi connectivity index (χ0n) is 18.3. The summed E-state index contributed by atoms with van der Waals surface area (Å²) in [5.41, 5.74) is 5.59. The number of benzene rings is 2. The standard InChI is InChI=1S/C25H28N2O6/c1-2-14-32-24(30)26-13-6-5-12-22(23(28)29)27-25(31)33-16-18-9-7-11-20-19-10-4-3-8-17(19)15-21(18)20/h2-4,7-11,22H,1,5-6,12-16H2,(H,26,30)(H,27,31)(H,28,29)/t22-/m0/s1. The molecule has 0 saturated heterocycles. The molecule has 0 aromatic heterocycles. The predicted octanol–water partition coefficient (Wildman–Crippen LogP) is 4.02. The number of amides is 2. The Morgan fingerprint density at radius 2 is 1.82 bits per heavy atom. The highest BCUT2D eigenvalue weighted by Gasteiger charge is 2.23. The number of alkyl carbamates (subject to hydrolysis) is 2. The molecule has 1 atom stereocenters. The topological polar surface area (TPSA) is 114 Å². The first-order valence-electron chi connectivity index (χ1n) is 10.9. The van der Waals surface area contributed by atoms with Gasteiger partial charge in [-0.1, -0.05) is 55.1 Å². The molecule has 2 aromatic rings. The molecular formula is C25H28N2O6. The average Bonchev–Trinajstić information content (AvgIpc) is 3.19. The minimum absolute atomic E-state index is 0.0616. The van der Waals surface area contributed by atoms with Crippen molar-refractivity contribution in [1.29, 1.82) is 0 Å². The number of carboxylic acid groups (broad SMARTS) is 1. The number of hydrogen-bond donors (Lipinski definition) is 3. The molecule has 2 amide bonds. The van der Waals surface area contributed by atoms with Gasteiger partial charge < -0.3 is 25.2 Å². The Morgan fingerprint density at radius 3 is 2.61 bits per heavy atom. The van der Waals surface area contributed by atoms with Crippen molar-refractivity contribution < 1.29 is 29.0 Å². The summed E-state index contributed by atoms with van der Waals surface area (Å²) < 4.78 is 10.1. The lowest BCUT2D eigenvalue weighted by Gasteiger charge is -2.15. The Labute approximate surface area is 192 Å². The van der Waals surface area contributed by atoms with Gasteiger partial charge in [0, 0.05) is 6.54 Å². The van der Waals surface area contributed by atoms with E-state index < -0.39 is 24.2 Å². The fraction of sp³-hybridized carbons (Fsp3) is 0.320. The van der Waals surface area contributed by atoms with E-state index in [1.54, 1.807) is 0 Å². The van der Waals surface area contributed by atoms with Gasteiger partial charge in [0.15, 0.2) is 0 Å². The van der Waals surface area contributed by atoms with Crippen molar-refractivity contribution in [2.75, 3.05) is 13.2 Å². The van der Waals surface area contributed by atoms with E-state index >= 15 is 0 Å². The largest absolute Gasteiger partial charge is 0.480 e. The fourth-order valence-corrected chi connectivity index (χ4v) is 3.79. The molecule has 0 bridgehead atoms. The molecule has 0 spiro atoms.